The second-order valence-corrected chi connectivity index (χ2v) is 5.49. The van der Waals surface area contributed by atoms with Crippen LogP contribution in [0.15, 0.2) is 28.7 Å². The number of nitrogens with two attached hydrogens (primary N) is 1. The Kier molecular flexibility index (Phi) is 4.05. The molecule has 0 bridgehead atoms. The van der Waals surface area contributed by atoms with Crippen molar-refractivity contribution in [1.29, 1.82) is 0 Å². The molecule has 0 saturated heterocycles. The van der Waals surface area contributed by atoms with Crippen molar-refractivity contribution in [3.63, 3.8) is 0 Å². The van der Waals surface area contributed by atoms with Gasteiger partial charge in [-0.2, -0.15) is 0 Å². The van der Waals surface area contributed by atoms with Crippen LogP contribution in [0.3, 0.4) is 0 Å². The zero-order valence-corrected chi connectivity index (χ0v) is 11.2. The fourth-order valence-corrected chi connectivity index (χ4v) is 2.87. The second kappa shape index (κ2) is 5.54. The molecule has 2 rings (SSSR count). The molecule has 1 atom stereocenters. The fraction of sp³-hybridized carbons (Fsp3) is 0.462. The Hall–Kier alpha value is -1.03. The number of carbonyl (C=O) groups excluding carboxylic acids is 1. The zero-order chi connectivity index (χ0) is 12.3. The number of amides is 1. The van der Waals surface area contributed by atoms with E-state index in [1.807, 2.05) is 24.3 Å². The third-order valence-electron chi connectivity index (χ3n) is 3.32. The lowest BCUT2D eigenvalue weighted by Gasteiger charge is -2.22. The van der Waals surface area contributed by atoms with Gasteiger partial charge in [0.1, 0.15) is 6.04 Å². The van der Waals surface area contributed by atoms with Gasteiger partial charge in [-0.15, -0.1) is 0 Å². The topological polar surface area (TPSA) is 55.1 Å². The summed E-state index contributed by atoms with van der Waals surface area (Å²) >= 11 is 3.42. The van der Waals surface area contributed by atoms with Crippen molar-refractivity contribution in [3.05, 3.63) is 28.7 Å². The van der Waals surface area contributed by atoms with Crippen LogP contribution < -0.4 is 11.1 Å². The molecule has 3 N–H and O–H groups in total. The number of halogens is 1. The Labute approximate surface area is 110 Å². The van der Waals surface area contributed by atoms with Gasteiger partial charge in [0.25, 0.3) is 0 Å². The molecule has 1 amide bonds. The summed E-state index contributed by atoms with van der Waals surface area (Å²) in [5, 5.41) is 3.26. The van der Waals surface area contributed by atoms with E-state index < -0.39 is 0 Å². The van der Waals surface area contributed by atoms with Crippen LogP contribution in [0.1, 0.15) is 25.7 Å². The molecule has 0 heterocycles. The quantitative estimate of drug-likeness (QED) is 0.898. The normalized spacial score (nSPS) is 17.9. The molecule has 1 unspecified atom stereocenters. The first kappa shape index (κ1) is 12.4. The molecule has 1 aromatic rings. The average molecular weight is 297 g/mol. The Balaban J connectivity index is 2.09. The minimum absolute atomic E-state index is 0.244. The summed E-state index contributed by atoms with van der Waals surface area (Å²) in [5.74, 6) is 0.128. The van der Waals surface area contributed by atoms with Gasteiger partial charge in [-0.25, -0.2) is 0 Å². The van der Waals surface area contributed by atoms with Gasteiger partial charge < -0.3 is 11.1 Å². The first-order chi connectivity index (χ1) is 8.16. The van der Waals surface area contributed by atoms with Gasteiger partial charge in [0.2, 0.25) is 5.91 Å². The molecule has 1 aliphatic rings. The highest BCUT2D eigenvalue weighted by Gasteiger charge is 2.28. The number of anilines is 1. The van der Waals surface area contributed by atoms with Crippen molar-refractivity contribution in [3.8, 4) is 0 Å². The summed E-state index contributed by atoms with van der Waals surface area (Å²) in [7, 11) is 0. The van der Waals surface area contributed by atoms with Crippen molar-refractivity contribution >= 4 is 27.5 Å². The molecule has 0 radical (unpaired) electrons. The van der Waals surface area contributed by atoms with Gasteiger partial charge in [0.15, 0.2) is 0 Å². The molecule has 92 valence electrons. The van der Waals surface area contributed by atoms with Crippen LogP contribution in [-0.4, -0.2) is 11.9 Å². The predicted molar refractivity (Wildman–Crippen MR) is 72.7 cm³/mol. The summed E-state index contributed by atoms with van der Waals surface area (Å²) in [5.41, 5.74) is 6.43. The number of nitrogens with one attached hydrogen (secondary N) is 1. The third-order valence-corrected chi connectivity index (χ3v) is 3.82. The molecule has 1 fully saturated rings. The Morgan fingerprint density at radius 1 is 1.41 bits per heavy atom. The van der Waals surface area contributed by atoms with E-state index in [-0.39, 0.29) is 11.9 Å². The van der Waals surface area contributed by atoms with Gasteiger partial charge in [0.05, 0.1) is 0 Å². The maximum absolute atomic E-state index is 11.5. The highest BCUT2D eigenvalue weighted by atomic mass is 79.9. The highest BCUT2D eigenvalue weighted by Crippen LogP contribution is 2.29. The standard InChI is InChI=1S/C13H17BrN2O/c14-10-6-3-7-11(8-10)16-12(13(15)17)9-4-1-2-5-9/h3,6-9,12,16H,1-2,4-5H2,(H2,15,17). The second-order valence-electron chi connectivity index (χ2n) is 4.58. The molecule has 0 aromatic heterocycles. The van der Waals surface area contributed by atoms with E-state index in [2.05, 4.69) is 21.2 Å². The van der Waals surface area contributed by atoms with Gasteiger partial charge >= 0.3 is 0 Å². The molecular weight excluding hydrogens is 280 g/mol. The number of hydrogen-bond donors (Lipinski definition) is 2. The molecule has 1 aliphatic carbocycles. The van der Waals surface area contributed by atoms with Crippen LogP contribution in [0.4, 0.5) is 5.69 Å². The molecular formula is C13H17BrN2O. The Bertz CT molecular complexity index is 402. The smallest absolute Gasteiger partial charge is 0.240 e. The summed E-state index contributed by atoms with van der Waals surface area (Å²) in [6.07, 6.45) is 4.59. The highest BCUT2D eigenvalue weighted by molar-refractivity contribution is 9.10. The monoisotopic (exact) mass is 296 g/mol. The lowest BCUT2D eigenvalue weighted by atomic mass is 9.97. The summed E-state index contributed by atoms with van der Waals surface area (Å²) in [4.78, 5) is 11.5. The first-order valence-electron chi connectivity index (χ1n) is 5.98. The van der Waals surface area contributed by atoms with Crippen molar-refractivity contribution in [1.82, 2.24) is 0 Å². The van der Waals surface area contributed by atoms with E-state index in [9.17, 15) is 4.79 Å². The maximum atomic E-state index is 11.5. The molecule has 1 aromatic carbocycles. The zero-order valence-electron chi connectivity index (χ0n) is 9.66. The van der Waals surface area contributed by atoms with Crippen LogP contribution in [0.2, 0.25) is 0 Å². The van der Waals surface area contributed by atoms with Gasteiger partial charge in [-0.05, 0) is 37.0 Å². The van der Waals surface area contributed by atoms with Gasteiger partial charge in [-0.3, -0.25) is 4.79 Å². The average Bonchev–Trinajstić information content (AvgIpc) is 2.78. The molecule has 0 aliphatic heterocycles. The van der Waals surface area contributed by atoms with Crippen LogP contribution in [0, 0.1) is 5.92 Å². The summed E-state index contributed by atoms with van der Waals surface area (Å²) in [6.45, 7) is 0. The summed E-state index contributed by atoms with van der Waals surface area (Å²) in [6, 6.07) is 7.58. The molecule has 3 nitrogen and oxygen atoms in total. The van der Waals surface area contributed by atoms with Crippen molar-refractivity contribution in [2.75, 3.05) is 5.32 Å². The van der Waals surface area contributed by atoms with E-state index in [4.69, 9.17) is 5.73 Å². The Morgan fingerprint density at radius 3 is 2.71 bits per heavy atom. The SMILES string of the molecule is NC(=O)C(Nc1cccc(Br)c1)C1CCCC1. The van der Waals surface area contributed by atoms with Crippen molar-refractivity contribution < 1.29 is 4.79 Å². The van der Waals surface area contributed by atoms with E-state index in [0.717, 1.165) is 23.0 Å². The van der Waals surface area contributed by atoms with E-state index in [1.54, 1.807) is 0 Å². The first-order valence-corrected chi connectivity index (χ1v) is 6.77. The number of benzene rings is 1. The van der Waals surface area contributed by atoms with Crippen LogP contribution in [-0.2, 0) is 4.79 Å². The minimum atomic E-state index is -0.253. The molecule has 0 spiro atoms. The van der Waals surface area contributed by atoms with E-state index in [0.29, 0.717) is 5.92 Å². The third kappa shape index (κ3) is 3.22. The Morgan fingerprint density at radius 2 is 2.12 bits per heavy atom. The lowest BCUT2D eigenvalue weighted by molar-refractivity contribution is -0.119. The van der Waals surface area contributed by atoms with E-state index >= 15 is 0 Å². The number of carbonyl (C=O) groups is 1. The fourth-order valence-electron chi connectivity index (χ4n) is 2.47. The lowest BCUT2D eigenvalue weighted by Crippen LogP contribution is -2.40. The van der Waals surface area contributed by atoms with E-state index in [1.165, 1.54) is 12.8 Å². The minimum Gasteiger partial charge on any atom is -0.373 e. The number of rotatable bonds is 4. The number of hydrogen-bond acceptors (Lipinski definition) is 2. The maximum Gasteiger partial charge on any atom is 0.240 e. The summed E-state index contributed by atoms with van der Waals surface area (Å²) < 4.78 is 0.997. The largest absolute Gasteiger partial charge is 0.373 e. The van der Waals surface area contributed by atoms with Crippen molar-refractivity contribution in [2.24, 2.45) is 11.7 Å². The molecule has 1 saturated carbocycles. The molecule has 17 heavy (non-hydrogen) atoms. The molecule has 4 heteroatoms. The van der Waals surface area contributed by atoms with Crippen molar-refractivity contribution in [2.45, 2.75) is 31.7 Å². The van der Waals surface area contributed by atoms with Crippen LogP contribution >= 0.6 is 15.9 Å². The van der Waals surface area contributed by atoms with Crippen LogP contribution in [0.5, 0.6) is 0 Å². The number of primary amides is 1. The predicted octanol–water partition coefficient (Wildman–Crippen LogP) is 2.91. The van der Waals surface area contributed by atoms with Crippen LogP contribution in [0.25, 0.3) is 0 Å². The van der Waals surface area contributed by atoms with Gasteiger partial charge in [-0.1, -0.05) is 34.8 Å². The van der Waals surface area contributed by atoms with Gasteiger partial charge in [0, 0.05) is 10.2 Å².